The third-order valence-electron chi connectivity index (χ3n) is 2.25. The molecular weight excluding hydrogens is 233 g/mol. The Labute approximate surface area is 97.4 Å². The van der Waals surface area contributed by atoms with E-state index in [1.807, 2.05) is 0 Å². The van der Waals surface area contributed by atoms with Crippen molar-refractivity contribution in [1.82, 2.24) is 0 Å². The highest BCUT2D eigenvalue weighted by Crippen LogP contribution is 2.35. The van der Waals surface area contributed by atoms with E-state index < -0.39 is 23.6 Å². The van der Waals surface area contributed by atoms with E-state index in [1.54, 1.807) is 6.92 Å². The molecule has 0 aliphatic rings. The molecule has 0 radical (unpaired) electrons. The van der Waals surface area contributed by atoms with Gasteiger partial charge in [0, 0.05) is 12.2 Å². The maximum absolute atomic E-state index is 12.7. The van der Waals surface area contributed by atoms with Crippen LogP contribution in [0, 0.1) is 0 Å². The maximum atomic E-state index is 12.7. The van der Waals surface area contributed by atoms with E-state index in [2.05, 4.69) is 0 Å². The van der Waals surface area contributed by atoms with Crippen molar-refractivity contribution in [3.05, 3.63) is 35.4 Å². The van der Waals surface area contributed by atoms with Crippen LogP contribution in [0.2, 0.25) is 0 Å². The number of hydrogen-bond acceptors (Lipinski definition) is 2. The average Bonchev–Trinajstić information content (AvgIpc) is 2.24. The first-order chi connectivity index (χ1) is 7.88. The van der Waals surface area contributed by atoms with E-state index in [4.69, 9.17) is 4.74 Å². The molecule has 0 fully saturated rings. The van der Waals surface area contributed by atoms with Crippen LogP contribution in [0.5, 0.6) is 0 Å². The van der Waals surface area contributed by atoms with Gasteiger partial charge in [0.1, 0.15) is 6.10 Å². The third kappa shape index (κ3) is 3.30. The zero-order valence-electron chi connectivity index (χ0n) is 9.54. The average molecular weight is 246 g/mol. The zero-order chi connectivity index (χ0) is 13.1. The Balaban J connectivity index is 3.23. The van der Waals surface area contributed by atoms with Crippen molar-refractivity contribution in [2.24, 2.45) is 0 Å². The van der Waals surface area contributed by atoms with Crippen LogP contribution in [0.25, 0.3) is 0 Å². The van der Waals surface area contributed by atoms with Crippen LogP contribution < -0.4 is 0 Å². The minimum Gasteiger partial charge on any atom is -0.366 e. The lowest BCUT2D eigenvalue weighted by Crippen LogP contribution is -2.18. The number of alkyl halides is 3. The van der Waals surface area contributed by atoms with Crippen molar-refractivity contribution in [3.8, 4) is 0 Å². The van der Waals surface area contributed by atoms with Gasteiger partial charge in [-0.1, -0.05) is 18.2 Å². The van der Waals surface area contributed by atoms with Gasteiger partial charge in [-0.15, -0.1) is 0 Å². The van der Waals surface area contributed by atoms with E-state index in [0.29, 0.717) is 0 Å². The number of ether oxygens (including phenoxy) is 1. The van der Waals surface area contributed by atoms with Gasteiger partial charge in [-0.05, 0) is 19.9 Å². The standard InChI is InChI=1S/C12H13F3O2/c1-3-17-11(8(2)16)9-6-4-5-7-10(9)12(13,14)15/h4-7,11H,3H2,1-2H3. The number of hydrogen-bond donors (Lipinski definition) is 0. The SMILES string of the molecule is CCOC(C(C)=O)c1ccccc1C(F)(F)F. The second-order valence-corrected chi connectivity index (χ2v) is 3.53. The van der Waals surface area contributed by atoms with E-state index in [-0.39, 0.29) is 12.2 Å². The Hall–Kier alpha value is -1.36. The van der Waals surface area contributed by atoms with Crippen molar-refractivity contribution in [2.45, 2.75) is 26.1 Å². The number of rotatable bonds is 4. The Bertz CT molecular complexity index is 399. The predicted octanol–water partition coefficient (Wildman–Crippen LogP) is 3.37. The Morgan fingerprint density at radius 2 is 1.94 bits per heavy atom. The summed E-state index contributed by atoms with van der Waals surface area (Å²) in [5.41, 5.74) is -0.956. The van der Waals surface area contributed by atoms with Crippen molar-refractivity contribution >= 4 is 5.78 Å². The minimum atomic E-state index is -4.48. The number of carbonyl (C=O) groups excluding carboxylic acids is 1. The normalized spacial score (nSPS) is 13.5. The van der Waals surface area contributed by atoms with Crippen molar-refractivity contribution in [2.75, 3.05) is 6.61 Å². The molecule has 0 aromatic heterocycles. The highest BCUT2D eigenvalue weighted by atomic mass is 19.4. The largest absolute Gasteiger partial charge is 0.416 e. The van der Waals surface area contributed by atoms with Gasteiger partial charge in [0.25, 0.3) is 0 Å². The van der Waals surface area contributed by atoms with Crippen molar-refractivity contribution in [1.29, 1.82) is 0 Å². The quantitative estimate of drug-likeness (QED) is 0.814. The highest BCUT2D eigenvalue weighted by molar-refractivity contribution is 5.82. The molecule has 0 amide bonds. The first-order valence-corrected chi connectivity index (χ1v) is 5.16. The first kappa shape index (κ1) is 13.7. The number of benzene rings is 1. The highest BCUT2D eigenvalue weighted by Gasteiger charge is 2.36. The fourth-order valence-electron chi connectivity index (χ4n) is 1.58. The van der Waals surface area contributed by atoms with Gasteiger partial charge in [0.15, 0.2) is 5.78 Å². The molecule has 1 aromatic carbocycles. The number of ketones is 1. The Morgan fingerprint density at radius 1 is 1.35 bits per heavy atom. The molecule has 0 spiro atoms. The molecular formula is C12H13F3O2. The Morgan fingerprint density at radius 3 is 2.41 bits per heavy atom. The maximum Gasteiger partial charge on any atom is 0.416 e. The van der Waals surface area contributed by atoms with Gasteiger partial charge >= 0.3 is 6.18 Å². The molecule has 2 nitrogen and oxygen atoms in total. The van der Waals surface area contributed by atoms with Gasteiger partial charge < -0.3 is 4.74 Å². The molecule has 0 aliphatic heterocycles. The number of carbonyl (C=O) groups is 1. The van der Waals surface area contributed by atoms with Crippen LogP contribution in [0.1, 0.15) is 31.1 Å². The summed E-state index contributed by atoms with van der Waals surface area (Å²) >= 11 is 0. The molecule has 0 bridgehead atoms. The summed E-state index contributed by atoms with van der Waals surface area (Å²) in [6.07, 6.45) is -5.64. The molecule has 1 aromatic rings. The van der Waals surface area contributed by atoms with Gasteiger partial charge in [-0.3, -0.25) is 4.79 Å². The molecule has 1 atom stereocenters. The molecule has 0 aliphatic carbocycles. The van der Waals surface area contributed by atoms with Crippen molar-refractivity contribution < 1.29 is 22.7 Å². The van der Waals surface area contributed by atoms with Crippen LogP contribution in [0.15, 0.2) is 24.3 Å². The Kier molecular flexibility index (Phi) is 4.28. The van der Waals surface area contributed by atoms with Gasteiger partial charge in [0.2, 0.25) is 0 Å². The fraction of sp³-hybridized carbons (Fsp3) is 0.417. The molecule has 94 valence electrons. The summed E-state index contributed by atoms with van der Waals surface area (Å²) < 4.78 is 43.3. The fourth-order valence-corrected chi connectivity index (χ4v) is 1.58. The lowest BCUT2D eigenvalue weighted by atomic mass is 9.99. The van der Waals surface area contributed by atoms with E-state index in [0.717, 1.165) is 6.07 Å². The molecule has 0 heterocycles. The molecule has 17 heavy (non-hydrogen) atoms. The lowest BCUT2D eigenvalue weighted by molar-refractivity contribution is -0.141. The summed E-state index contributed by atoms with van der Waals surface area (Å²) in [7, 11) is 0. The first-order valence-electron chi connectivity index (χ1n) is 5.16. The number of Topliss-reactive ketones (excluding diaryl/α,β-unsaturated/α-hetero) is 1. The smallest absolute Gasteiger partial charge is 0.366 e. The van der Waals surface area contributed by atoms with Crippen LogP contribution in [-0.4, -0.2) is 12.4 Å². The minimum absolute atomic E-state index is 0.130. The molecule has 0 saturated heterocycles. The summed E-state index contributed by atoms with van der Waals surface area (Å²) in [6.45, 7) is 3.02. The zero-order valence-corrected chi connectivity index (χ0v) is 9.54. The predicted molar refractivity (Wildman–Crippen MR) is 56.5 cm³/mol. The van der Waals surface area contributed by atoms with Gasteiger partial charge in [-0.2, -0.15) is 13.2 Å². The van der Waals surface area contributed by atoms with Crippen LogP contribution in [0.4, 0.5) is 13.2 Å². The van der Waals surface area contributed by atoms with Crippen LogP contribution >= 0.6 is 0 Å². The lowest BCUT2D eigenvalue weighted by Gasteiger charge is -2.19. The molecule has 5 heteroatoms. The second-order valence-electron chi connectivity index (χ2n) is 3.53. The monoisotopic (exact) mass is 246 g/mol. The summed E-state index contributed by atoms with van der Waals surface area (Å²) in [4.78, 5) is 11.3. The molecule has 0 saturated carbocycles. The summed E-state index contributed by atoms with van der Waals surface area (Å²) in [6, 6.07) is 4.96. The van der Waals surface area contributed by atoms with Crippen LogP contribution in [0.3, 0.4) is 0 Å². The molecule has 1 rings (SSSR count). The summed E-state index contributed by atoms with van der Waals surface area (Å²) in [5, 5.41) is 0. The molecule has 0 N–H and O–H groups in total. The van der Waals surface area contributed by atoms with E-state index in [1.165, 1.54) is 25.1 Å². The van der Waals surface area contributed by atoms with Crippen molar-refractivity contribution in [3.63, 3.8) is 0 Å². The second kappa shape index (κ2) is 5.31. The third-order valence-corrected chi connectivity index (χ3v) is 2.25. The summed E-state index contributed by atoms with van der Waals surface area (Å²) in [5.74, 6) is -0.441. The van der Waals surface area contributed by atoms with E-state index >= 15 is 0 Å². The topological polar surface area (TPSA) is 26.3 Å². The van der Waals surface area contributed by atoms with Crippen LogP contribution in [-0.2, 0) is 15.7 Å². The van der Waals surface area contributed by atoms with E-state index in [9.17, 15) is 18.0 Å². The number of halogens is 3. The van der Waals surface area contributed by atoms with Gasteiger partial charge in [0.05, 0.1) is 5.56 Å². The molecule has 1 unspecified atom stereocenters. The van der Waals surface area contributed by atoms with Gasteiger partial charge in [-0.25, -0.2) is 0 Å².